The Balaban J connectivity index is 1.45. The van der Waals surface area contributed by atoms with Crippen LogP contribution in [0.25, 0.3) is 0 Å². The number of hydrogen-bond donors (Lipinski definition) is 2. The van der Waals surface area contributed by atoms with E-state index in [0.29, 0.717) is 24.2 Å². The van der Waals surface area contributed by atoms with E-state index < -0.39 is 0 Å². The van der Waals surface area contributed by atoms with Crippen LogP contribution in [0, 0.1) is 0 Å². The fraction of sp³-hybridized carbons (Fsp3) is 0.500. The number of carbonyl (C=O) groups excluding carboxylic acids is 2. The number of aromatic nitrogens is 4. The van der Waals surface area contributed by atoms with Crippen LogP contribution in [0.2, 0.25) is 0 Å². The summed E-state index contributed by atoms with van der Waals surface area (Å²) in [5.41, 5.74) is 1.19. The van der Waals surface area contributed by atoms with Crippen molar-refractivity contribution in [3.05, 3.63) is 35.9 Å². The zero-order valence-electron chi connectivity index (χ0n) is 12.7. The standard InChI is InChI=1S/C16H22N4O2/c21-15(13-9-11-17-19-13)7-5-3-1-2-4-6-8-16(22)14-10-12-18-20-14/h9-12H,1-8H2,(H,17,19)(H,18,20). The quantitative estimate of drug-likeness (QED) is 0.492. The molecule has 0 atom stereocenters. The number of unbranched alkanes of at least 4 members (excludes halogenated alkanes) is 5. The number of Topliss-reactive ketones (excluding diaryl/α,β-unsaturated/α-hetero) is 2. The highest BCUT2D eigenvalue weighted by Crippen LogP contribution is 2.11. The minimum atomic E-state index is 0.127. The molecule has 0 saturated carbocycles. The molecule has 118 valence electrons. The minimum absolute atomic E-state index is 0.127. The summed E-state index contributed by atoms with van der Waals surface area (Å²) in [4.78, 5) is 23.4. The Bertz CT molecular complexity index is 509. The first kappa shape index (κ1) is 16.1. The third-order valence-corrected chi connectivity index (χ3v) is 3.66. The number of carbonyl (C=O) groups is 2. The lowest BCUT2D eigenvalue weighted by atomic mass is 10.0. The van der Waals surface area contributed by atoms with Gasteiger partial charge in [0.1, 0.15) is 11.4 Å². The lowest BCUT2D eigenvalue weighted by Crippen LogP contribution is -2.00. The van der Waals surface area contributed by atoms with E-state index >= 15 is 0 Å². The van der Waals surface area contributed by atoms with Gasteiger partial charge in [-0.2, -0.15) is 10.2 Å². The number of rotatable bonds is 11. The molecule has 0 bridgehead atoms. The van der Waals surface area contributed by atoms with Crippen molar-refractivity contribution in [1.82, 2.24) is 20.4 Å². The highest BCUT2D eigenvalue weighted by molar-refractivity contribution is 5.94. The maximum absolute atomic E-state index is 11.7. The molecule has 6 nitrogen and oxygen atoms in total. The van der Waals surface area contributed by atoms with E-state index in [1.165, 1.54) is 0 Å². The third-order valence-electron chi connectivity index (χ3n) is 3.66. The Morgan fingerprint density at radius 1 is 0.727 bits per heavy atom. The largest absolute Gasteiger partial charge is 0.292 e. The van der Waals surface area contributed by atoms with E-state index in [0.717, 1.165) is 38.5 Å². The molecule has 0 aliphatic carbocycles. The summed E-state index contributed by atoms with van der Waals surface area (Å²) in [6.45, 7) is 0. The van der Waals surface area contributed by atoms with Gasteiger partial charge in [-0.15, -0.1) is 0 Å². The minimum Gasteiger partial charge on any atom is -0.292 e. The van der Waals surface area contributed by atoms with Gasteiger partial charge in [0.25, 0.3) is 0 Å². The van der Waals surface area contributed by atoms with Gasteiger partial charge in [-0.3, -0.25) is 19.8 Å². The van der Waals surface area contributed by atoms with E-state index in [4.69, 9.17) is 0 Å². The molecule has 0 aliphatic heterocycles. The Morgan fingerprint density at radius 2 is 1.14 bits per heavy atom. The molecule has 22 heavy (non-hydrogen) atoms. The molecule has 0 aliphatic rings. The Morgan fingerprint density at radius 3 is 1.50 bits per heavy atom. The van der Waals surface area contributed by atoms with Crippen LogP contribution in [0.4, 0.5) is 0 Å². The normalized spacial score (nSPS) is 10.7. The highest BCUT2D eigenvalue weighted by Gasteiger charge is 2.07. The SMILES string of the molecule is O=C(CCCCCCCCC(=O)c1ccn[nH]1)c1ccn[nH]1. The van der Waals surface area contributed by atoms with Gasteiger partial charge in [0.05, 0.1) is 0 Å². The topological polar surface area (TPSA) is 91.5 Å². The molecule has 0 radical (unpaired) electrons. The van der Waals surface area contributed by atoms with Crippen LogP contribution in [0.15, 0.2) is 24.5 Å². The summed E-state index contributed by atoms with van der Waals surface area (Å²) >= 11 is 0. The predicted molar refractivity (Wildman–Crippen MR) is 82.8 cm³/mol. The van der Waals surface area contributed by atoms with E-state index in [-0.39, 0.29) is 11.6 Å². The van der Waals surface area contributed by atoms with Crippen LogP contribution in [0.5, 0.6) is 0 Å². The maximum Gasteiger partial charge on any atom is 0.180 e. The molecular weight excluding hydrogens is 280 g/mol. The van der Waals surface area contributed by atoms with Crippen molar-refractivity contribution in [3.8, 4) is 0 Å². The van der Waals surface area contributed by atoms with Crippen molar-refractivity contribution < 1.29 is 9.59 Å². The average molecular weight is 302 g/mol. The molecule has 2 aromatic rings. The number of aromatic amines is 2. The van der Waals surface area contributed by atoms with Gasteiger partial charge in [0, 0.05) is 25.2 Å². The number of ketones is 2. The summed E-state index contributed by atoms with van der Waals surface area (Å²) in [6, 6.07) is 3.41. The molecule has 6 heteroatoms. The third kappa shape index (κ3) is 5.27. The highest BCUT2D eigenvalue weighted by atomic mass is 16.1. The predicted octanol–water partition coefficient (Wildman–Crippen LogP) is 3.32. The first-order valence-electron chi connectivity index (χ1n) is 7.82. The van der Waals surface area contributed by atoms with Crippen LogP contribution in [-0.4, -0.2) is 32.0 Å². The van der Waals surface area contributed by atoms with Crippen molar-refractivity contribution >= 4 is 11.6 Å². The van der Waals surface area contributed by atoms with Gasteiger partial charge in [-0.05, 0) is 25.0 Å². The molecule has 2 heterocycles. The molecular formula is C16H22N4O2. The summed E-state index contributed by atoms with van der Waals surface area (Å²) in [6.07, 6.45) is 10.5. The Kier molecular flexibility index (Phi) is 6.54. The lowest BCUT2D eigenvalue weighted by Gasteiger charge is -2.01. The van der Waals surface area contributed by atoms with Gasteiger partial charge in [0.15, 0.2) is 11.6 Å². The Labute approximate surface area is 129 Å². The molecule has 2 rings (SSSR count). The molecule has 0 amide bonds. The lowest BCUT2D eigenvalue weighted by molar-refractivity contribution is 0.0965. The van der Waals surface area contributed by atoms with Crippen LogP contribution < -0.4 is 0 Å². The number of H-pyrrole nitrogens is 2. The average Bonchev–Trinajstić information content (AvgIpc) is 3.22. The molecule has 2 aromatic heterocycles. The smallest absolute Gasteiger partial charge is 0.180 e. The van der Waals surface area contributed by atoms with Crippen LogP contribution >= 0.6 is 0 Å². The van der Waals surface area contributed by atoms with Crippen molar-refractivity contribution in [2.24, 2.45) is 0 Å². The van der Waals surface area contributed by atoms with Crippen molar-refractivity contribution in [1.29, 1.82) is 0 Å². The van der Waals surface area contributed by atoms with Gasteiger partial charge in [0.2, 0.25) is 0 Å². The van der Waals surface area contributed by atoms with Crippen molar-refractivity contribution in [2.45, 2.75) is 51.4 Å². The Hall–Kier alpha value is -2.24. The second kappa shape index (κ2) is 8.92. The van der Waals surface area contributed by atoms with Gasteiger partial charge in [-0.25, -0.2) is 0 Å². The second-order valence-corrected chi connectivity index (χ2v) is 5.41. The molecule has 2 N–H and O–H groups in total. The van der Waals surface area contributed by atoms with E-state index in [1.807, 2.05) is 0 Å². The van der Waals surface area contributed by atoms with Gasteiger partial charge < -0.3 is 0 Å². The first-order valence-corrected chi connectivity index (χ1v) is 7.82. The number of nitrogens with zero attached hydrogens (tertiary/aromatic N) is 2. The van der Waals surface area contributed by atoms with Crippen LogP contribution in [0.1, 0.15) is 72.3 Å². The number of nitrogens with one attached hydrogen (secondary N) is 2. The summed E-state index contributed by atoms with van der Waals surface area (Å²) < 4.78 is 0. The first-order chi connectivity index (χ1) is 10.8. The monoisotopic (exact) mass is 302 g/mol. The maximum atomic E-state index is 11.7. The molecule has 0 aromatic carbocycles. The fourth-order valence-corrected chi connectivity index (χ4v) is 2.37. The molecule has 0 unspecified atom stereocenters. The summed E-state index contributed by atoms with van der Waals surface area (Å²) in [5, 5.41) is 12.9. The zero-order valence-corrected chi connectivity index (χ0v) is 12.7. The molecule has 0 fully saturated rings. The molecule has 0 spiro atoms. The number of hydrogen-bond acceptors (Lipinski definition) is 4. The zero-order chi connectivity index (χ0) is 15.6. The van der Waals surface area contributed by atoms with Gasteiger partial charge in [-0.1, -0.05) is 25.7 Å². The summed E-state index contributed by atoms with van der Waals surface area (Å²) in [5.74, 6) is 0.255. The van der Waals surface area contributed by atoms with E-state index in [1.54, 1.807) is 24.5 Å². The van der Waals surface area contributed by atoms with Crippen LogP contribution in [-0.2, 0) is 0 Å². The summed E-state index contributed by atoms with van der Waals surface area (Å²) in [7, 11) is 0. The van der Waals surface area contributed by atoms with Crippen molar-refractivity contribution in [2.75, 3.05) is 0 Å². The molecule has 0 saturated heterocycles. The second-order valence-electron chi connectivity index (χ2n) is 5.41. The van der Waals surface area contributed by atoms with Gasteiger partial charge >= 0.3 is 0 Å². The van der Waals surface area contributed by atoms with Crippen molar-refractivity contribution in [3.63, 3.8) is 0 Å². The van der Waals surface area contributed by atoms with Crippen LogP contribution in [0.3, 0.4) is 0 Å². The van der Waals surface area contributed by atoms with E-state index in [9.17, 15) is 9.59 Å². The fourth-order valence-electron chi connectivity index (χ4n) is 2.37. The van der Waals surface area contributed by atoms with E-state index in [2.05, 4.69) is 20.4 Å².